The van der Waals surface area contributed by atoms with Gasteiger partial charge in [0, 0.05) is 6.42 Å². The number of amides is 2. The quantitative estimate of drug-likeness (QED) is 0.828. The molecule has 0 saturated heterocycles. The maximum Gasteiger partial charge on any atom is 0.260 e. The van der Waals surface area contributed by atoms with Crippen molar-refractivity contribution in [2.24, 2.45) is 11.7 Å². The number of primary amides is 1. The van der Waals surface area contributed by atoms with Gasteiger partial charge in [-0.25, -0.2) is 0 Å². The van der Waals surface area contributed by atoms with E-state index in [1.165, 1.54) is 11.3 Å². The number of hydrogen-bond donors (Lipinski definition) is 2. The Morgan fingerprint density at radius 3 is 2.81 bits per heavy atom. The molecule has 2 amide bonds. The second kappa shape index (κ2) is 5.65. The van der Waals surface area contributed by atoms with Gasteiger partial charge in [-0.2, -0.15) is 0 Å². The maximum absolute atomic E-state index is 11.6. The van der Waals surface area contributed by atoms with Crippen LogP contribution in [-0.4, -0.2) is 11.8 Å². The van der Waals surface area contributed by atoms with E-state index < -0.39 is 5.91 Å². The lowest BCUT2D eigenvalue weighted by molar-refractivity contribution is -0.117. The average molecular weight is 240 g/mol. The van der Waals surface area contributed by atoms with Crippen LogP contribution in [0.15, 0.2) is 11.4 Å². The van der Waals surface area contributed by atoms with E-state index in [0.29, 0.717) is 22.9 Å². The van der Waals surface area contributed by atoms with Gasteiger partial charge in [-0.1, -0.05) is 20.3 Å². The first-order chi connectivity index (χ1) is 7.54. The molecule has 3 N–H and O–H groups in total. The molecule has 16 heavy (non-hydrogen) atoms. The summed E-state index contributed by atoms with van der Waals surface area (Å²) < 4.78 is 0. The average Bonchev–Trinajstić information content (AvgIpc) is 2.65. The molecule has 0 saturated carbocycles. The van der Waals surface area contributed by atoms with Crippen LogP contribution in [0.5, 0.6) is 0 Å². The predicted molar refractivity (Wildman–Crippen MR) is 65.5 cm³/mol. The van der Waals surface area contributed by atoms with Crippen molar-refractivity contribution in [3.63, 3.8) is 0 Å². The molecule has 0 aliphatic heterocycles. The fraction of sp³-hybridized carbons (Fsp3) is 0.455. The second-order valence-corrected chi connectivity index (χ2v) is 4.71. The van der Waals surface area contributed by atoms with Crippen LogP contribution >= 0.6 is 11.3 Å². The minimum atomic E-state index is -0.506. The van der Waals surface area contributed by atoms with Crippen molar-refractivity contribution in [3.8, 4) is 0 Å². The Labute approximate surface area is 98.8 Å². The molecule has 1 aromatic heterocycles. The van der Waals surface area contributed by atoms with Crippen LogP contribution in [0.2, 0.25) is 0 Å². The summed E-state index contributed by atoms with van der Waals surface area (Å²) in [5.41, 5.74) is 5.70. The summed E-state index contributed by atoms with van der Waals surface area (Å²) in [7, 11) is 0. The zero-order chi connectivity index (χ0) is 12.1. The van der Waals surface area contributed by atoms with Gasteiger partial charge in [0.1, 0.15) is 4.88 Å². The summed E-state index contributed by atoms with van der Waals surface area (Å²) in [4.78, 5) is 23.0. The fourth-order valence-electron chi connectivity index (χ4n) is 1.26. The third-order valence-corrected chi connectivity index (χ3v) is 3.32. The summed E-state index contributed by atoms with van der Waals surface area (Å²) in [5.74, 6) is -0.236. The molecule has 0 fully saturated rings. The molecular formula is C11H16N2O2S. The van der Waals surface area contributed by atoms with Gasteiger partial charge in [-0.15, -0.1) is 11.3 Å². The number of anilines is 1. The molecule has 5 heteroatoms. The van der Waals surface area contributed by atoms with E-state index in [1.54, 1.807) is 11.4 Å². The van der Waals surface area contributed by atoms with Gasteiger partial charge in [-0.05, 0) is 17.4 Å². The van der Waals surface area contributed by atoms with Gasteiger partial charge in [0.15, 0.2) is 0 Å². The molecule has 0 aliphatic carbocycles. The molecule has 88 valence electrons. The first-order valence-corrected chi connectivity index (χ1v) is 6.09. The van der Waals surface area contributed by atoms with Crippen molar-refractivity contribution in [1.29, 1.82) is 0 Å². The SMILES string of the molecule is CC[C@H](C)CC(=O)Nc1ccsc1C(N)=O. The summed E-state index contributed by atoms with van der Waals surface area (Å²) in [6, 6.07) is 1.69. The highest BCUT2D eigenvalue weighted by Gasteiger charge is 2.13. The predicted octanol–water partition coefficient (Wildman–Crippen LogP) is 2.22. The minimum Gasteiger partial charge on any atom is -0.365 e. The summed E-state index contributed by atoms with van der Waals surface area (Å²) in [6.45, 7) is 4.06. The number of carbonyl (C=O) groups excluding carboxylic acids is 2. The molecule has 0 aliphatic rings. The first kappa shape index (κ1) is 12.7. The molecule has 1 aromatic rings. The van der Waals surface area contributed by atoms with E-state index in [-0.39, 0.29) is 5.91 Å². The molecule has 0 radical (unpaired) electrons. The summed E-state index contributed by atoms with van der Waals surface area (Å²) in [6.07, 6.45) is 1.42. The van der Waals surface area contributed by atoms with E-state index in [4.69, 9.17) is 5.73 Å². The Balaban J connectivity index is 2.63. The Hall–Kier alpha value is -1.36. The van der Waals surface area contributed by atoms with Crippen molar-refractivity contribution < 1.29 is 9.59 Å². The fourth-order valence-corrected chi connectivity index (χ4v) is 1.96. The van der Waals surface area contributed by atoms with E-state index >= 15 is 0 Å². The lowest BCUT2D eigenvalue weighted by Crippen LogP contribution is -2.17. The van der Waals surface area contributed by atoms with Crippen LogP contribution in [0.4, 0.5) is 5.69 Å². The zero-order valence-electron chi connectivity index (χ0n) is 9.45. The minimum absolute atomic E-state index is 0.0738. The highest BCUT2D eigenvalue weighted by molar-refractivity contribution is 7.12. The summed E-state index contributed by atoms with van der Waals surface area (Å²) in [5, 5.41) is 4.44. The number of rotatable bonds is 5. The van der Waals surface area contributed by atoms with Crippen LogP contribution in [0.25, 0.3) is 0 Å². The molecule has 0 spiro atoms. The molecule has 0 bridgehead atoms. The second-order valence-electron chi connectivity index (χ2n) is 3.79. The lowest BCUT2D eigenvalue weighted by Gasteiger charge is -2.08. The van der Waals surface area contributed by atoms with E-state index in [2.05, 4.69) is 5.32 Å². The zero-order valence-corrected chi connectivity index (χ0v) is 10.3. The van der Waals surface area contributed by atoms with Crippen molar-refractivity contribution in [2.75, 3.05) is 5.32 Å². The molecule has 0 aromatic carbocycles. The van der Waals surface area contributed by atoms with Crippen molar-refractivity contribution in [2.45, 2.75) is 26.7 Å². The Kier molecular flexibility index (Phi) is 4.49. The van der Waals surface area contributed by atoms with Crippen LogP contribution in [0, 0.1) is 5.92 Å². The summed E-state index contributed by atoms with van der Waals surface area (Å²) >= 11 is 1.24. The standard InChI is InChI=1S/C11H16N2O2S/c1-3-7(2)6-9(14)13-8-4-5-16-10(8)11(12)15/h4-5,7H,3,6H2,1-2H3,(H2,12,15)(H,13,14)/t7-/m0/s1. The topological polar surface area (TPSA) is 72.2 Å². The Bertz CT molecular complexity index is 387. The third-order valence-electron chi connectivity index (χ3n) is 2.39. The first-order valence-electron chi connectivity index (χ1n) is 5.21. The van der Waals surface area contributed by atoms with Crippen molar-refractivity contribution in [3.05, 3.63) is 16.3 Å². The van der Waals surface area contributed by atoms with E-state index in [1.807, 2.05) is 13.8 Å². The molecule has 1 atom stereocenters. The van der Waals surface area contributed by atoms with Crippen LogP contribution in [-0.2, 0) is 4.79 Å². The Morgan fingerprint density at radius 1 is 1.56 bits per heavy atom. The van der Waals surface area contributed by atoms with Crippen LogP contribution in [0.3, 0.4) is 0 Å². The van der Waals surface area contributed by atoms with Gasteiger partial charge in [0.2, 0.25) is 5.91 Å². The number of nitrogens with two attached hydrogens (primary N) is 1. The lowest BCUT2D eigenvalue weighted by atomic mass is 10.1. The third kappa shape index (κ3) is 3.34. The number of carbonyl (C=O) groups is 2. The van der Waals surface area contributed by atoms with Gasteiger partial charge in [0.05, 0.1) is 5.69 Å². The molecule has 4 nitrogen and oxygen atoms in total. The number of thiophene rings is 1. The highest BCUT2D eigenvalue weighted by atomic mass is 32.1. The monoisotopic (exact) mass is 240 g/mol. The largest absolute Gasteiger partial charge is 0.365 e. The van der Waals surface area contributed by atoms with Gasteiger partial charge in [0.25, 0.3) is 5.91 Å². The smallest absolute Gasteiger partial charge is 0.260 e. The highest BCUT2D eigenvalue weighted by Crippen LogP contribution is 2.22. The molecule has 1 rings (SSSR count). The van der Waals surface area contributed by atoms with Crippen LogP contribution in [0.1, 0.15) is 36.4 Å². The number of nitrogens with one attached hydrogen (secondary N) is 1. The normalized spacial score (nSPS) is 12.1. The maximum atomic E-state index is 11.6. The molecule has 0 unspecified atom stereocenters. The number of hydrogen-bond acceptors (Lipinski definition) is 3. The van der Waals surface area contributed by atoms with E-state index in [9.17, 15) is 9.59 Å². The van der Waals surface area contributed by atoms with Gasteiger partial charge < -0.3 is 11.1 Å². The molecular weight excluding hydrogens is 224 g/mol. The Morgan fingerprint density at radius 2 is 2.25 bits per heavy atom. The molecule has 1 heterocycles. The van der Waals surface area contributed by atoms with Crippen molar-refractivity contribution in [1.82, 2.24) is 0 Å². The van der Waals surface area contributed by atoms with Crippen molar-refractivity contribution >= 4 is 28.8 Å². The van der Waals surface area contributed by atoms with E-state index in [0.717, 1.165) is 6.42 Å². The van der Waals surface area contributed by atoms with Gasteiger partial charge >= 0.3 is 0 Å². The van der Waals surface area contributed by atoms with Gasteiger partial charge in [-0.3, -0.25) is 9.59 Å². The van der Waals surface area contributed by atoms with Crippen LogP contribution < -0.4 is 11.1 Å².